The number of rotatable bonds is 1. The molecule has 0 aromatic carbocycles. The van der Waals surface area contributed by atoms with E-state index in [0.717, 1.165) is 42.3 Å². The van der Waals surface area contributed by atoms with Crippen LogP contribution in [-0.2, 0) is 22.7 Å². The van der Waals surface area contributed by atoms with Crippen molar-refractivity contribution < 1.29 is 14.3 Å². The molecule has 1 saturated heterocycles. The molecule has 0 N–H and O–H groups in total. The molecule has 2 unspecified atom stereocenters. The molecule has 3 heterocycles. The van der Waals surface area contributed by atoms with E-state index < -0.39 is 5.60 Å². The van der Waals surface area contributed by atoms with Crippen molar-refractivity contribution in [1.82, 2.24) is 14.9 Å². The van der Waals surface area contributed by atoms with Crippen molar-refractivity contribution in [2.75, 3.05) is 13.1 Å². The molecule has 0 bridgehead atoms. The van der Waals surface area contributed by atoms with E-state index in [1.54, 1.807) is 0 Å². The third-order valence-electron chi connectivity index (χ3n) is 5.11. The zero-order chi connectivity index (χ0) is 17.8. The second-order valence-corrected chi connectivity index (χ2v) is 8.26. The van der Waals surface area contributed by atoms with E-state index in [0.29, 0.717) is 25.0 Å². The highest BCUT2D eigenvalue weighted by Gasteiger charge is 2.40. The van der Waals surface area contributed by atoms with Crippen LogP contribution in [0.1, 0.15) is 50.0 Å². The number of nitrogens with zero attached hydrogens (tertiary/aromatic N) is 3. The minimum absolute atomic E-state index is 0.210. The summed E-state index contributed by atoms with van der Waals surface area (Å²) in [6.07, 6.45) is 2.97. The minimum Gasteiger partial charge on any atom is -0.444 e. The van der Waals surface area contributed by atoms with E-state index in [-0.39, 0.29) is 6.09 Å². The molecule has 6 nitrogen and oxygen atoms in total. The van der Waals surface area contributed by atoms with Crippen LogP contribution in [0.5, 0.6) is 0 Å². The maximum Gasteiger partial charge on any atom is 0.410 e. The lowest BCUT2D eigenvalue weighted by molar-refractivity contribution is 0.0285. The number of hydrogen-bond acceptors (Lipinski definition) is 5. The number of fused-ring (bicyclic) bond motifs is 2. The highest BCUT2D eigenvalue weighted by Crippen LogP contribution is 2.40. The molecule has 6 heteroatoms. The van der Waals surface area contributed by atoms with Crippen molar-refractivity contribution in [1.29, 1.82) is 0 Å². The topological polar surface area (TPSA) is 64.6 Å². The minimum atomic E-state index is -0.451. The SMILES string of the molecule is Cc1nc(C2=CC3CN(C(=O)OC(C)(C)C)CC3C2)nc2c1COC2. The van der Waals surface area contributed by atoms with Gasteiger partial charge in [0.25, 0.3) is 0 Å². The molecule has 1 aromatic heterocycles. The maximum atomic E-state index is 12.3. The monoisotopic (exact) mass is 343 g/mol. The molecule has 1 aromatic rings. The van der Waals surface area contributed by atoms with E-state index in [4.69, 9.17) is 19.4 Å². The third-order valence-corrected chi connectivity index (χ3v) is 5.11. The van der Waals surface area contributed by atoms with Gasteiger partial charge in [-0.05, 0) is 45.6 Å². The van der Waals surface area contributed by atoms with Crippen molar-refractivity contribution >= 4 is 11.7 Å². The first-order valence-corrected chi connectivity index (χ1v) is 8.93. The van der Waals surface area contributed by atoms with Crippen LogP contribution in [-0.4, -0.2) is 39.7 Å². The molecule has 134 valence electrons. The lowest BCUT2D eigenvalue weighted by atomic mass is 10.00. The fourth-order valence-electron chi connectivity index (χ4n) is 3.91. The lowest BCUT2D eigenvalue weighted by Gasteiger charge is -2.24. The van der Waals surface area contributed by atoms with Gasteiger partial charge >= 0.3 is 6.09 Å². The van der Waals surface area contributed by atoms with Gasteiger partial charge in [0, 0.05) is 30.3 Å². The molecule has 1 aliphatic carbocycles. The van der Waals surface area contributed by atoms with Gasteiger partial charge in [0.2, 0.25) is 0 Å². The average Bonchev–Trinajstić information content (AvgIpc) is 3.18. The first-order chi connectivity index (χ1) is 11.8. The normalized spacial score (nSPS) is 25.0. The molecule has 0 radical (unpaired) electrons. The van der Waals surface area contributed by atoms with Crippen LogP contribution in [0.4, 0.5) is 4.79 Å². The lowest BCUT2D eigenvalue weighted by Crippen LogP contribution is -2.35. The highest BCUT2D eigenvalue weighted by atomic mass is 16.6. The van der Waals surface area contributed by atoms with Crippen LogP contribution in [0.25, 0.3) is 5.57 Å². The molecule has 1 amide bonds. The van der Waals surface area contributed by atoms with Crippen molar-refractivity contribution in [2.24, 2.45) is 11.8 Å². The van der Waals surface area contributed by atoms with Crippen molar-refractivity contribution in [3.63, 3.8) is 0 Å². The summed E-state index contributed by atoms with van der Waals surface area (Å²) < 4.78 is 11.0. The van der Waals surface area contributed by atoms with Gasteiger partial charge in [-0.2, -0.15) is 0 Å². The van der Waals surface area contributed by atoms with Gasteiger partial charge in [0.15, 0.2) is 5.82 Å². The molecular weight excluding hydrogens is 318 g/mol. The van der Waals surface area contributed by atoms with Crippen molar-refractivity contribution in [3.8, 4) is 0 Å². The fraction of sp³-hybridized carbons (Fsp3) is 0.632. The van der Waals surface area contributed by atoms with Crippen molar-refractivity contribution in [3.05, 3.63) is 28.9 Å². The second-order valence-electron chi connectivity index (χ2n) is 8.26. The first kappa shape index (κ1) is 16.5. The Morgan fingerprint density at radius 3 is 2.80 bits per heavy atom. The summed E-state index contributed by atoms with van der Waals surface area (Å²) >= 11 is 0. The zero-order valence-electron chi connectivity index (χ0n) is 15.3. The van der Waals surface area contributed by atoms with Crippen LogP contribution < -0.4 is 0 Å². The molecule has 1 fully saturated rings. The number of carbonyl (C=O) groups is 1. The Bertz CT molecular complexity index is 751. The molecule has 0 saturated carbocycles. The molecule has 3 aliphatic rings. The van der Waals surface area contributed by atoms with Gasteiger partial charge in [0.1, 0.15) is 5.60 Å². The number of aryl methyl sites for hydroxylation is 1. The second kappa shape index (κ2) is 5.80. The number of aromatic nitrogens is 2. The Morgan fingerprint density at radius 1 is 1.28 bits per heavy atom. The number of allylic oxidation sites excluding steroid dienone is 1. The Balaban J connectivity index is 1.48. The number of carbonyl (C=O) groups excluding carboxylic acids is 1. The first-order valence-electron chi connectivity index (χ1n) is 8.93. The van der Waals surface area contributed by atoms with E-state index >= 15 is 0 Å². The van der Waals surface area contributed by atoms with E-state index in [1.807, 2.05) is 32.6 Å². The Hall–Kier alpha value is -1.95. The number of likely N-dealkylation sites (tertiary alicyclic amines) is 1. The number of ether oxygens (including phenoxy) is 2. The summed E-state index contributed by atoms with van der Waals surface area (Å²) in [5, 5.41) is 0. The summed E-state index contributed by atoms with van der Waals surface area (Å²) in [6, 6.07) is 0. The van der Waals surface area contributed by atoms with Crippen LogP contribution >= 0.6 is 0 Å². The van der Waals surface area contributed by atoms with Gasteiger partial charge < -0.3 is 14.4 Å². The quantitative estimate of drug-likeness (QED) is 0.784. The summed E-state index contributed by atoms with van der Waals surface area (Å²) in [4.78, 5) is 23.5. The van der Waals surface area contributed by atoms with Gasteiger partial charge in [-0.25, -0.2) is 14.8 Å². The summed E-state index contributed by atoms with van der Waals surface area (Å²) in [7, 11) is 0. The van der Waals surface area contributed by atoms with Crippen LogP contribution in [0.2, 0.25) is 0 Å². The molecule has 2 aliphatic heterocycles. The molecular formula is C19H25N3O3. The predicted molar refractivity (Wildman–Crippen MR) is 92.6 cm³/mol. The van der Waals surface area contributed by atoms with Gasteiger partial charge in [-0.1, -0.05) is 6.08 Å². The van der Waals surface area contributed by atoms with Crippen molar-refractivity contribution in [2.45, 2.75) is 52.9 Å². The number of hydrogen-bond donors (Lipinski definition) is 0. The van der Waals surface area contributed by atoms with Crippen LogP contribution in [0.15, 0.2) is 6.08 Å². The standard InChI is InChI=1S/C19H25N3O3/c1-11-15-9-24-10-16(15)21-17(20-11)12-5-13-7-22(8-14(13)6-12)18(23)25-19(2,3)4/h5,13-14H,6-10H2,1-4H3. The van der Waals surface area contributed by atoms with E-state index in [2.05, 4.69) is 6.08 Å². The highest BCUT2D eigenvalue weighted by molar-refractivity contribution is 5.70. The Labute approximate surface area is 148 Å². The third kappa shape index (κ3) is 3.15. The van der Waals surface area contributed by atoms with Gasteiger partial charge in [0.05, 0.1) is 18.9 Å². The molecule has 25 heavy (non-hydrogen) atoms. The molecule has 4 rings (SSSR count). The van der Waals surface area contributed by atoms with Crippen LogP contribution in [0.3, 0.4) is 0 Å². The number of amides is 1. The Morgan fingerprint density at radius 2 is 2.08 bits per heavy atom. The predicted octanol–water partition coefficient (Wildman–Crippen LogP) is 3.09. The van der Waals surface area contributed by atoms with E-state index in [1.165, 1.54) is 5.57 Å². The van der Waals surface area contributed by atoms with Gasteiger partial charge in [-0.3, -0.25) is 0 Å². The summed E-state index contributed by atoms with van der Waals surface area (Å²) in [5.41, 5.74) is 3.94. The zero-order valence-corrected chi connectivity index (χ0v) is 15.3. The van der Waals surface area contributed by atoms with Gasteiger partial charge in [-0.15, -0.1) is 0 Å². The maximum absolute atomic E-state index is 12.3. The largest absolute Gasteiger partial charge is 0.444 e. The van der Waals surface area contributed by atoms with Crippen LogP contribution in [0, 0.1) is 18.8 Å². The molecule has 0 spiro atoms. The van der Waals surface area contributed by atoms with E-state index in [9.17, 15) is 4.79 Å². The molecule has 2 atom stereocenters. The summed E-state index contributed by atoms with van der Waals surface area (Å²) in [5.74, 6) is 1.65. The Kier molecular flexibility index (Phi) is 3.83. The fourth-order valence-corrected chi connectivity index (χ4v) is 3.91. The summed E-state index contributed by atoms with van der Waals surface area (Å²) in [6.45, 7) is 10.4. The smallest absolute Gasteiger partial charge is 0.410 e. The average molecular weight is 343 g/mol.